The Bertz CT molecular complexity index is 1440. The lowest BCUT2D eigenvalue weighted by Crippen LogP contribution is -2.16. The first-order valence-electron chi connectivity index (χ1n) is 11.0. The molecule has 1 amide bonds. The number of ether oxygens (including phenoxy) is 2. The Morgan fingerprint density at radius 3 is 2.46 bits per heavy atom. The highest BCUT2D eigenvalue weighted by atomic mass is 35.5. The largest absolute Gasteiger partial charge is 0.496 e. The van der Waals surface area contributed by atoms with E-state index < -0.39 is 5.97 Å². The fourth-order valence-corrected chi connectivity index (χ4v) is 5.70. The number of anilines is 1. The number of nitrogens with zero attached hydrogens (tertiary/aromatic N) is 3. The van der Waals surface area contributed by atoms with Crippen LogP contribution in [0.15, 0.2) is 53.0 Å². The molecule has 0 spiro atoms. The normalized spacial score (nSPS) is 10.8. The van der Waals surface area contributed by atoms with Crippen LogP contribution in [0.1, 0.15) is 17.3 Å². The highest BCUT2D eigenvalue weighted by Crippen LogP contribution is 2.37. The van der Waals surface area contributed by atoms with Crippen LogP contribution in [0.3, 0.4) is 0 Å². The van der Waals surface area contributed by atoms with Crippen molar-refractivity contribution in [1.29, 1.82) is 0 Å². The number of thiophene rings is 1. The summed E-state index contributed by atoms with van der Waals surface area (Å²) in [5.41, 5.74) is 2.44. The van der Waals surface area contributed by atoms with Crippen LogP contribution in [0.5, 0.6) is 5.75 Å². The van der Waals surface area contributed by atoms with Crippen LogP contribution >= 0.6 is 46.3 Å². The van der Waals surface area contributed by atoms with Gasteiger partial charge in [-0.25, -0.2) is 4.79 Å². The molecule has 4 rings (SSSR count). The van der Waals surface area contributed by atoms with Gasteiger partial charge in [0.2, 0.25) is 5.91 Å². The summed E-state index contributed by atoms with van der Waals surface area (Å²) in [6.45, 7) is 2.53. The minimum atomic E-state index is -0.542. The molecule has 2 heterocycles. The van der Waals surface area contributed by atoms with Gasteiger partial charge in [0.05, 0.1) is 25.5 Å². The molecule has 0 unspecified atom stereocenters. The minimum Gasteiger partial charge on any atom is -0.496 e. The maximum atomic E-state index is 12.9. The predicted octanol–water partition coefficient (Wildman–Crippen LogP) is 6.53. The molecule has 1 N–H and O–H groups in total. The van der Waals surface area contributed by atoms with Gasteiger partial charge in [0, 0.05) is 27.5 Å². The number of rotatable bonds is 9. The molecule has 12 heteroatoms. The van der Waals surface area contributed by atoms with Crippen LogP contribution in [0, 0.1) is 0 Å². The van der Waals surface area contributed by atoms with Gasteiger partial charge in [-0.2, -0.15) is 0 Å². The van der Waals surface area contributed by atoms with Gasteiger partial charge >= 0.3 is 5.97 Å². The van der Waals surface area contributed by atoms with Gasteiger partial charge < -0.3 is 19.4 Å². The Kier molecular flexibility index (Phi) is 8.75. The van der Waals surface area contributed by atoms with Crippen LogP contribution in [-0.4, -0.2) is 46.6 Å². The number of carbonyl (C=O) groups excluding carboxylic acids is 2. The molecule has 0 aliphatic rings. The summed E-state index contributed by atoms with van der Waals surface area (Å²) in [7, 11) is 2.88. The summed E-state index contributed by atoms with van der Waals surface area (Å²) in [6.07, 6.45) is 0. The summed E-state index contributed by atoms with van der Waals surface area (Å²) < 4.78 is 12.3. The molecular formula is C25H22Cl2N4O4S2. The van der Waals surface area contributed by atoms with E-state index in [2.05, 4.69) is 15.5 Å². The van der Waals surface area contributed by atoms with Gasteiger partial charge in [-0.05, 0) is 42.8 Å². The summed E-state index contributed by atoms with van der Waals surface area (Å²) in [4.78, 5) is 25.4. The maximum absolute atomic E-state index is 12.9. The van der Waals surface area contributed by atoms with Gasteiger partial charge in [-0.15, -0.1) is 21.5 Å². The van der Waals surface area contributed by atoms with Crippen LogP contribution in [0.25, 0.3) is 22.5 Å². The topological polar surface area (TPSA) is 95.3 Å². The second-order valence-electron chi connectivity index (χ2n) is 7.58. The molecule has 2 aromatic carbocycles. The zero-order valence-corrected chi connectivity index (χ0v) is 23.2. The molecule has 0 saturated carbocycles. The van der Waals surface area contributed by atoms with Crippen molar-refractivity contribution in [3.05, 3.63) is 63.5 Å². The lowest BCUT2D eigenvalue weighted by Gasteiger charge is -2.11. The number of thioether (sulfide) groups is 1. The average Bonchev–Trinajstić information content (AvgIpc) is 3.51. The summed E-state index contributed by atoms with van der Waals surface area (Å²) in [5, 5.41) is 15.3. The second-order valence-corrected chi connectivity index (χ2v) is 10.3. The van der Waals surface area contributed by atoms with Crippen molar-refractivity contribution >= 4 is 63.2 Å². The van der Waals surface area contributed by atoms with Crippen molar-refractivity contribution < 1.29 is 19.1 Å². The summed E-state index contributed by atoms with van der Waals surface area (Å²) >= 11 is 14.7. The third kappa shape index (κ3) is 5.93. The summed E-state index contributed by atoms with van der Waals surface area (Å²) in [5.74, 6) is 0.417. The van der Waals surface area contributed by atoms with E-state index in [-0.39, 0.29) is 11.7 Å². The predicted molar refractivity (Wildman–Crippen MR) is 148 cm³/mol. The van der Waals surface area contributed by atoms with E-state index in [1.165, 1.54) is 30.2 Å². The Morgan fingerprint density at radius 2 is 1.78 bits per heavy atom. The van der Waals surface area contributed by atoms with Gasteiger partial charge in [0.25, 0.3) is 0 Å². The molecular weight excluding hydrogens is 555 g/mol. The first kappa shape index (κ1) is 27.0. The molecule has 192 valence electrons. The van der Waals surface area contributed by atoms with Crippen molar-refractivity contribution in [2.45, 2.75) is 18.6 Å². The SMILES string of the molecule is CCn1c(SCC(=O)Nc2scc(-c3ccc(Cl)cc3)c2C(=O)OC)nnc1-c1cc(Cl)ccc1OC. The zero-order chi connectivity index (χ0) is 26.5. The number of amides is 1. The van der Waals surface area contributed by atoms with Crippen molar-refractivity contribution in [1.82, 2.24) is 14.8 Å². The number of benzene rings is 2. The van der Waals surface area contributed by atoms with Gasteiger partial charge in [-0.1, -0.05) is 47.1 Å². The Labute approximate surface area is 231 Å². The lowest BCUT2D eigenvalue weighted by molar-refractivity contribution is -0.113. The van der Waals surface area contributed by atoms with Crippen LogP contribution in [-0.2, 0) is 16.1 Å². The van der Waals surface area contributed by atoms with E-state index in [1.807, 2.05) is 23.6 Å². The van der Waals surface area contributed by atoms with Crippen molar-refractivity contribution in [2.75, 3.05) is 25.3 Å². The Balaban J connectivity index is 1.53. The quantitative estimate of drug-likeness (QED) is 0.179. The second kappa shape index (κ2) is 12.0. The lowest BCUT2D eigenvalue weighted by atomic mass is 10.0. The molecule has 0 aliphatic carbocycles. The number of hydrogen-bond acceptors (Lipinski definition) is 8. The molecule has 0 radical (unpaired) electrons. The van der Waals surface area contributed by atoms with Crippen molar-refractivity contribution in [2.24, 2.45) is 0 Å². The number of carbonyl (C=O) groups is 2. The van der Waals surface area contributed by atoms with Crippen molar-refractivity contribution in [3.8, 4) is 28.3 Å². The molecule has 0 fully saturated rings. The molecule has 0 atom stereocenters. The van der Waals surface area contributed by atoms with E-state index in [1.54, 1.807) is 42.8 Å². The van der Waals surface area contributed by atoms with E-state index in [0.717, 1.165) is 5.56 Å². The van der Waals surface area contributed by atoms with Gasteiger partial charge in [0.1, 0.15) is 16.3 Å². The van der Waals surface area contributed by atoms with E-state index in [9.17, 15) is 9.59 Å². The van der Waals surface area contributed by atoms with Crippen molar-refractivity contribution in [3.63, 3.8) is 0 Å². The fourth-order valence-electron chi connectivity index (χ4n) is 3.62. The van der Waals surface area contributed by atoms with Crippen LogP contribution in [0.4, 0.5) is 5.00 Å². The number of nitrogens with one attached hydrogen (secondary N) is 1. The van der Waals surface area contributed by atoms with E-state index in [4.69, 9.17) is 32.7 Å². The van der Waals surface area contributed by atoms with E-state index in [0.29, 0.717) is 55.0 Å². The molecule has 37 heavy (non-hydrogen) atoms. The molecule has 2 aromatic heterocycles. The molecule has 8 nitrogen and oxygen atoms in total. The molecule has 0 bridgehead atoms. The van der Waals surface area contributed by atoms with Gasteiger partial charge in [-0.3, -0.25) is 4.79 Å². The third-order valence-corrected chi connectivity index (χ3v) is 7.71. The molecule has 0 saturated heterocycles. The number of esters is 1. The first-order chi connectivity index (χ1) is 17.9. The fraction of sp³-hybridized carbons (Fsp3) is 0.200. The van der Waals surface area contributed by atoms with Gasteiger partial charge in [0.15, 0.2) is 11.0 Å². The zero-order valence-electron chi connectivity index (χ0n) is 20.1. The third-order valence-electron chi connectivity index (χ3n) is 5.36. The highest BCUT2D eigenvalue weighted by molar-refractivity contribution is 7.99. The summed E-state index contributed by atoms with van der Waals surface area (Å²) in [6, 6.07) is 12.4. The molecule has 0 aliphatic heterocycles. The van der Waals surface area contributed by atoms with Crippen LogP contribution in [0.2, 0.25) is 10.0 Å². The number of hydrogen-bond donors (Lipinski definition) is 1. The highest BCUT2D eigenvalue weighted by Gasteiger charge is 2.23. The number of halogens is 2. The standard InChI is InChI=1S/C25H22Cl2N4O4S2/c1-4-31-22(17-11-16(27)9-10-19(17)34-2)29-30-25(31)37-13-20(32)28-23-21(24(33)35-3)18(12-36-23)14-5-7-15(26)8-6-14/h5-12H,4,13H2,1-3H3,(H,28,32). The first-order valence-corrected chi connectivity index (χ1v) is 13.6. The Hall–Kier alpha value is -3.05. The maximum Gasteiger partial charge on any atom is 0.341 e. The monoisotopic (exact) mass is 576 g/mol. The Morgan fingerprint density at radius 1 is 1.05 bits per heavy atom. The van der Waals surface area contributed by atoms with Crippen LogP contribution < -0.4 is 10.1 Å². The smallest absolute Gasteiger partial charge is 0.341 e. The minimum absolute atomic E-state index is 0.0552. The molecule has 4 aromatic rings. The average molecular weight is 578 g/mol. The number of aromatic nitrogens is 3. The van der Waals surface area contributed by atoms with E-state index >= 15 is 0 Å². The number of methoxy groups -OCH3 is 2.